The Kier molecular flexibility index (Phi) is 5.61. The number of hydrogen-bond donors (Lipinski definition) is 2. The number of benzene rings is 3. The van der Waals surface area contributed by atoms with Gasteiger partial charge in [-0.25, -0.2) is 9.97 Å². The summed E-state index contributed by atoms with van der Waals surface area (Å²) in [6, 6.07) is 23.4. The van der Waals surface area contributed by atoms with Crippen LogP contribution in [0.5, 0.6) is 5.75 Å². The molecule has 4 aromatic rings. The van der Waals surface area contributed by atoms with E-state index in [1.54, 1.807) is 12.1 Å². The maximum Gasteiger partial charge on any atom is 0.229 e. The molecule has 1 aromatic heterocycles. The van der Waals surface area contributed by atoms with Crippen molar-refractivity contribution in [3.63, 3.8) is 0 Å². The van der Waals surface area contributed by atoms with Crippen LogP contribution in [0.2, 0.25) is 0 Å². The third kappa shape index (κ3) is 4.62. The summed E-state index contributed by atoms with van der Waals surface area (Å²) in [5, 5.41) is 12.9. The number of phenols is 1. The molecular formula is C28H25N3O2. The minimum Gasteiger partial charge on any atom is -0.508 e. The number of nitrogens with zero attached hydrogens (tertiary/aromatic N) is 2. The summed E-state index contributed by atoms with van der Waals surface area (Å²) in [5.74, 6) is 0.676. The van der Waals surface area contributed by atoms with Gasteiger partial charge in [-0.3, -0.25) is 4.79 Å². The van der Waals surface area contributed by atoms with Gasteiger partial charge >= 0.3 is 0 Å². The molecule has 0 saturated heterocycles. The van der Waals surface area contributed by atoms with E-state index in [4.69, 9.17) is 9.97 Å². The Morgan fingerprint density at radius 2 is 1.73 bits per heavy atom. The van der Waals surface area contributed by atoms with Crippen molar-refractivity contribution in [2.45, 2.75) is 32.6 Å². The van der Waals surface area contributed by atoms with Gasteiger partial charge in [0.1, 0.15) is 5.75 Å². The van der Waals surface area contributed by atoms with Crippen molar-refractivity contribution >= 4 is 11.7 Å². The third-order valence-corrected chi connectivity index (χ3v) is 5.97. The van der Waals surface area contributed by atoms with Crippen LogP contribution in [0.4, 0.5) is 5.82 Å². The Morgan fingerprint density at radius 1 is 0.939 bits per heavy atom. The minimum absolute atomic E-state index is 0.108. The molecule has 3 aromatic carbocycles. The zero-order chi connectivity index (χ0) is 22.8. The molecule has 0 unspecified atom stereocenters. The molecule has 1 aliphatic rings. The van der Waals surface area contributed by atoms with Gasteiger partial charge in [-0.15, -0.1) is 0 Å². The standard InChI is InChI=1S/C28H25N3O2/c1-18-7-9-20(10-8-18)16-26(33)31-28-25(15-19-5-3-2-4-6-19)29-27-23-13-12-22(32)17-21(23)11-14-24(27)30-28/h2-10,12-13,17,32H,11,14-16H2,1H3,(H,30,31,33). The van der Waals surface area contributed by atoms with Gasteiger partial charge in [0.15, 0.2) is 5.82 Å². The number of phenolic OH excluding ortho intramolecular Hbond substituents is 1. The Bertz CT molecular complexity index is 1320. The quantitative estimate of drug-likeness (QED) is 0.461. The fourth-order valence-electron chi connectivity index (χ4n) is 4.25. The molecule has 2 N–H and O–H groups in total. The Morgan fingerprint density at radius 3 is 2.52 bits per heavy atom. The highest BCUT2D eigenvalue weighted by atomic mass is 16.3. The molecular weight excluding hydrogens is 410 g/mol. The van der Waals surface area contributed by atoms with Crippen LogP contribution in [0.3, 0.4) is 0 Å². The molecule has 33 heavy (non-hydrogen) atoms. The van der Waals surface area contributed by atoms with Crippen LogP contribution in [-0.4, -0.2) is 21.0 Å². The van der Waals surface area contributed by atoms with Gasteiger partial charge in [-0.05, 0) is 54.7 Å². The molecule has 1 aliphatic carbocycles. The average Bonchev–Trinajstić information content (AvgIpc) is 2.81. The number of carbonyl (C=O) groups excluding carboxylic acids is 1. The second-order valence-electron chi connectivity index (χ2n) is 8.53. The number of anilines is 1. The molecule has 1 heterocycles. The van der Waals surface area contributed by atoms with Crippen LogP contribution in [0.15, 0.2) is 72.8 Å². The van der Waals surface area contributed by atoms with Crippen molar-refractivity contribution in [3.05, 3.63) is 106 Å². The van der Waals surface area contributed by atoms with E-state index in [0.29, 0.717) is 18.7 Å². The minimum atomic E-state index is -0.108. The lowest BCUT2D eigenvalue weighted by Crippen LogP contribution is -2.20. The van der Waals surface area contributed by atoms with Crippen LogP contribution in [-0.2, 0) is 30.5 Å². The van der Waals surface area contributed by atoms with Crippen molar-refractivity contribution in [3.8, 4) is 17.0 Å². The highest BCUT2D eigenvalue weighted by molar-refractivity contribution is 5.92. The topological polar surface area (TPSA) is 75.1 Å². The van der Waals surface area contributed by atoms with Gasteiger partial charge in [0, 0.05) is 12.0 Å². The van der Waals surface area contributed by atoms with E-state index in [1.807, 2.05) is 67.6 Å². The number of carbonyl (C=O) groups is 1. The zero-order valence-corrected chi connectivity index (χ0v) is 18.5. The van der Waals surface area contributed by atoms with Crippen molar-refractivity contribution in [1.82, 2.24) is 9.97 Å². The molecule has 5 rings (SSSR count). The second kappa shape index (κ2) is 8.87. The van der Waals surface area contributed by atoms with E-state index in [1.165, 1.54) is 5.56 Å². The predicted molar refractivity (Wildman–Crippen MR) is 129 cm³/mol. The van der Waals surface area contributed by atoms with Crippen molar-refractivity contribution < 1.29 is 9.90 Å². The number of nitrogens with one attached hydrogen (secondary N) is 1. The first-order valence-electron chi connectivity index (χ1n) is 11.2. The maximum absolute atomic E-state index is 12.9. The monoisotopic (exact) mass is 435 g/mol. The van der Waals surface area contributed by atoms with E-state index in [2.05, 4.69) is 5.32 Å². The first kappa shape index (κ1) is 20.9. The normalized spacial score (nSPS) is 12.0. The lowest BCUT2D eigenvalue weighted by atomic mass is 9.91. The lowest BCUT2D eigenvalue weighted by Gasteiger charge is -2.21. The van der Waals surface area contributed by atoms with Crippen LogP contribution < -0.4 is 5.32 Å². The van der Waals surface area contributed by atoms with Gasteiger partial charge in [0.05, 0.1) is 23.5 Å². The summed E-state index contributed by atoms with van der Waals surface area (Å²) in [5.41, 5.74) is 7.72. The number of aryl methyl sites for hydroxylation is 3. The van der Waals surface area contributed by atoms with Gasteiger partial charge in [0.2, 0.25) is 5.91 Å². The fraction of sp³-hybridized carbons (Fsp3) is 0.179. The van der Waals surface area contributed by atoms with E-state index in [9.17, 15) is 9.90 Å². The first-order chi connectivity index (χ1) is 16.0. The first-order valence-corrected chi connectivity index (χ1v) is 11.2. The van der Waals surface area contributed by atoms with Crippen molar-refractivity contribution in [2.75, 3.05) is 5.32 Å². The predicted octanol–water partition coefficient (Wildman–Crippen LogP) is 5.03. The highest BCUT2D eigenvalue weighted by Gasteiger charge is 2.23. The molecule has 0 fully saturated rings. The summed E-state index contributed by atoms with van der Waals surface area (Å²) in [4.78, 5) is 22.7. The molecule has 5 nitrogen and oxygen atoms in total. The molecule has 0 spiro atoms. The maximum atomic E-state index is 12.9. The van der Waals surface area contributed by atoms with Crippen LogP contribution >= 0.6 is 0 Å². The number of amides is 1. The van der Waals surface area contributed by atoms with Crippen molar-refractivity contribution in [1.29, 1.82) is 0 Å². The average molecular weight is 436 g/mol. The van der Waals surface area contributed by atoms with Gasteiger partial charge in [0.25, 0.3) is 0 Å². The number of aromatic nitrogens is 2. The molecule has 0 aliphatic heterocycles. The smallest absolute Gasteiger partial charge is 0.229 e. The van der Waals surface area contributed by atoms with E-state index >= 15 is 0 Å². The largest absolute Gasteiger partial charge is 0.508 e. The fourth-order valence-corrected chi connectivity index (χ4v) is 4.25. The lowest BCUT2D eigenvalue weighted by molar-refractivity contribution is -0.115. The molecule has 0 radical (unpaired) electrons. The molecule has 0 bridgehead atoms. The zero-order valence-electron chi connectivity index (χ0n) is 18.5. The number of aromatic hydroxyl groups is 1. The number of rotatable bonds is 5. The van der Waals surface area contributed by atoms with Gasteiger partial charge < -0.3 is 10.4 Å². The van der Waals surface area contributed by atoms with Gasteiger partial charge in [-0.2, -0.15) is 0 Å². The summed E-state index contributed by atoms with van der Waals surface area (Å²) >= 11 is 0. The third-order valence-electron chi connectivity index (χ3n) is 5.97. The van der Waals surface area contributed by atoms with E-state index in [-0.39, 0.29) is 18.1 Å². The SMILES string of the molecule is Cc1ccc(CC(=O)Nc2nc3c(nc2Cc2ccccc2)-c2ccc(O)cc2CC3)cc1. The van der Waals surface area contributed by atoms with Crippen LogP contribution in [0, 0.1) is 6.92 Å². The van der Waals surface area contributed by atoms with Gasteiger partial charge in [-0.1, -0.05) is 60.2 Å². The summed E-state index contributed by atoms with van der Waals surface area (Å²) in [7, 11) is 0. The van der Waals surface area contributed by atoms with E-state index in [0.717, 1.165) is 45.8 Å². The summed E-state index contributed by atoms with van der Waals surface area (Å²) in [6.45, 7) is 2.03. The summed E-state index contributed by atoms with van der Waals surface area (Å²) < 4.78 is 0. The Hall–Kier alpha value is -3.99. The molecule has 0 atom stereocenters. The Labute approximate surface area is 193 Å². The molecule has 1 amide bonds. The molecule has 5 heteroatoms. The number of fused-ring (bicyclic) bond motifs is 3. The molecule has 164 valence electrons. The highest BCUT2D eigenvalue weighted by Crippen LogP contribution is 2.35. The summed E-state index contributed by atoms with van der Waals surface area (Å²) in [6.07, 6.45) is 2.34. The second-order valence-corrected chi connectivity index (χ2v) is 8.53. The van der Waals surface area contributed by atoms with Crippen LogP contribution in [0.25, 0.3) is 11.3 Å². The molecule has 0 saturated carbocycles. The van der Waals surface area contributed by atoms with Crippen molar-refractivity contribution in [2.24, 2.45) is 0 Å². The Balaban J connectivity index is 1.50. The number of hydrogen-bond acceptors (Lipinski definition) is 4. The van der Waals surface area contributed by atoms with E-state index < -0.39 is 0 Å². The van der Waals surface area contributed by atoms with Crippen LogP contribution in [0.1, 0.15) is 33.6 Å².